The second kappa shape index (κ2) is 9.24. The average molecular weight is 448 g/mol. The van der Waals surface area contributed by atoms with Gasteiger partial charge in [-0.05, 0) is 0 Å². The molecule has 4 rings (SSSR count). The summed E-state index contributed by atoms with van der Waals surface area (Å²) in [4.78, 5) is 21.0. The fourth-order valence-electron chi connectivity index (χ4n) is 3.59. The smallest absolute Gasteiger partial charge is 0.269 e. The van der Waals surface area contributed by atoms with Crippen LogP contribution < -0.4 is 0 Å². The molecule has 2 aromatic carbocycles. The van der Waals surface area contributed by atoms with Crippen molar-refractivity contribution in [3.05, 3.63) is 79.9 Å². The van der Waals surface area contributed by atoms with Crippen LogP contribution in [-0.4, -0.2) is 57.7 Å². The number of nitro groups is 2. The van der Waals surface area contributed by atoms with Gasteiger partial charge in [0.2, 0.25) is 0 Å². The number of fused-ring (bicyclic) bond motifs is 2. The zero-order valence-corrected chi connectivity index (χ0v) is 16.6. The van der Waals surface area contributed by atoms with Crippen molar-refractivity contribution in [2.75, 3.05) is 13.2 Å². The van der Waals surface area contributed by atoms with Crippen molar-refractivity contribution >= 4 is 11.4 Å². The summed E-state index contributed by atoms with van der Waals surface area (Å²) in [7, 11) is 0. The molecule has 2 heterocycles. The number of ether oxygens (including phenoxy) is 4. The zero-order chi connectivity index (χ0) is 22.8. The Bertz CT molecular complexity index is 1000. The minimum Gasteiger partial charge on any atom is -0.388 e. The van der Waals surface area contributed by atoms with E-state index in [0.717, 1.165) is 0 Å². The monoisotopic (exact) mass is 448 g/mol. The SMILES string of the molecule is O=[N+]([O-])c1cccc(C2OC[C@H](O)[C@H]3OC(c4cccc([N+](=O)[O-])c4)O[C@H](CO2)[C@H]3O)c1. The van der Waals surface area contributed by atoms with E-state index in [0.29, 0.717) is 11.1 Å². The highest BCUT2D eigenvalue weighted by molar-refractivity contribution is 5.35. The van der Waals surface area contributed by atoms with Gasteiger partial charge in [0.05, 0.1) is 23.1 Å². The predicted octanol–water partition coefficient (Wildman–Crippen LogP) is 1.75. The van der Waals surface area contributed by atoms with E-state index in [1.54, 1.807) is 12.1 Å². The van der Waals surface area contributed by atoms with Crippen LogP contribution in [-0.2, 0) is 18.9 Å². The molecule has 2 aliphatic heterocycles. The van der Waals surface area contributed by atoms with Crippen LogP contribution in [0.15, 0.2) is 48.5 Å². The van der Waals surface area contributed by atoms with Gasteiger partial charge in [0.1, 0.15) is 24.4 Å². The molecule has 2 saturated heterocycles. The first-order valence-corrected chi connectivity index (χ1v) is 9.72. The maximum Gasteiger partial charge on any atom is 0.269 e. The first kappa shape index (κ1) is 22.2. The van der Waals surface area contributed by atoms with Crippen LogP contribution in [0.4, 0.5) is 11.4 Å². The van der Waals surface area contributed by atoms with Gasteiger partial charge in [0, 0.05) is 35.4 Å². The maximum absolute atomic E-state index is 11.1. The highest BCUT2D eigenvalue weighted by Gasteiger charge is 2.44. The van der Waals surface area contributed by atoms with Crippen molar-refractivity contribution < 1.29 is 39.0 Å². The zero-order valence-electron chi connectivity index (χ0n) is 16.6. The Morgan fingerprint density at radius 2 is 1.38 bits per heavy atom. The van der Waals surface area contributed by atoms with Crippen molar-refractivity contribution in [3.8, 4) is 0 Å². The molecule has 2 bridgehead atoms. The third-order valence-electron chi connectivity index (χ3n) is 5.21. The van der Waals surface area contributed by atoms with Gasteiger partial charge in [-0.2, -0.15) is 0 Å². The summed E-state index contributed by atoms with van der Waals surface area (Å²) in [5.41, 5.74) is 0.375. The second-order valence-electron chi connectivity index (χ2n) is 7.37. The molecule has 0 spiro atoms. The van der Waals surface area contributed by atoms with Gasteiger partial charge >= 0.3 is 0 Å². The summed E-state index contributed by atoms with van der Waals surface area (Å²) in [5.74, 6) is 0. The lowest BCUT2D eigenvalue weighted by Crippen LogP contribution is -2.54. The summed E-state index contributed by atoms with van der Waals surface area (Å²) < 4.78 is 22.8. The van der Waals surface area contributed by atoms with E-state index in [1.165, 1.54) is 36.4 Å². The van der Waals surface area contributed by atoms with Crippen LogP contribution >= 0.6 is 0 Å². The van der Waals surface area contributed by atoms with Gasteiger partial charge in [-0.1, -0.05) is 24.3 Å². The minimum absolute atomic E-state index is 0.154. The normalized spacial score (nSPS) is 30.6. The number of non-ortho nitro benzene ring substituents is 2. The molecular formula is C20H20N2O10. The fraction of sp³-hybridized carbons (Fsp3) is 0.400. The third-order valence-corrected chi connectivity index (χ3v) is 5.21. The summed E-state index contributed by atoms with van der Waals surface area (Å²) in [6.07, 6.45) is -6.80. The van der Waals surface area contributed by atoms with Crippen molar-refractivity contribution in [3.63, 3.8) is 0 Å². The predicted molar refractivity (Wildman–Crippen MR) is 105 cm³/mol. The minimum atomic E-state index is -1.29. The van der Waals surface area contributed by atoms with Crippen molar-refractivity contribution in [2.24, 2.45) is 0 Å². The quantitative estimate of drug-likeness (QED) is 0.520. The average Bonchev–Trinajstić information content (AvgIpc) is 2.82. The number of aliphatic hydroxyl groups is 2. The lowest BCUT2D eigenvalue weighted by molar-refractivity contribution is -0.385. The van der Waals surface area contributed by atoms with E-state index in [9.17, 15) is 30.4 Å². The van der Waals surface area contributed by atoms with Crippen molar-refractivity contribution in [2.45, 2.75) is 37.0 Å². The van der Waals surface area contributed by atoms with Gasteiger partial charge in [-0.3, -0.25) is 20.2 Å². The Morgan fingerprint density at radius 3 is 1.97 bits per heavy atom. The number of benzene rings is 2. The third kappa shape index (κ3) is 4.60. The highest BCUT2D eigenvalue weighted by atomic mass is 16.7. The van der Waals surface area contributed by atoms with E-state index < -0.39 is 46.8 Å². The van der Waals surface area contributed by atoms with E-state index in [2.05, 4.69) is 0 Å². The molecule has 12 heteroatoms. The van der Waals surface area contributed by atoms with Gasteiger partial charge in [0.15, 0.2) is 12.6 Å². The van der Waals surface area contributed by atoms with E-state index in [4.69, 9.17) is 18.9 Å². The molecule has 0 amide bonds. The molecule has 0 aromatic heterocycles. The highest BCUT2D eigenvalue weighted by Crippen LogP contribution is 2.35. The second-order valence-corrected chi connectivity index (χ2v) is 7.37. The molecule has 0 aliphatic carbocycles. The summed E-state index contributed by atoms with van der Waals surface area (Å²) in [6, 6.07) is 11.3. The molecule has 0 saturated carbocycles. The molecule has 170 valence electrons. The number of nitro benzene ring substituents is 2. The van der Waals surface area contributed by atoms with Gasteiger partial charge in [-0.25, -0.2) is 0 Å². The Labute approximate surface area is 181 Å². The molecule has 32 heavy (non-hydrogen) atoms. The molecule has 2 aliphatic rings. The summed E-state index contributed by atoms with van der Waals surface area (Å²) in [6.45, 7) is -0.490. The summed E-state index contributed by atoms with van der Waals surface area (Å²) >= 11 is 0. The van der Waals surface area contributed by atoms with Crippen LogP contribution in [0.2, 0.25) is 0 Å². The van der Waals surface area contributed by atoms with Gasteiger partial charge < -0.3 is 29.2 Å². The molecule has 2 unspecified atom stereocenters. The molecule has 2 fully saturated rings. The van der Waals surface area contributed by atoms with Crippen LogP contribution in [0, 0.1) is 20.2 Å². The molecular weight excluding hydrogens is 428 g/mol. The Hall–Kier alpha value is -3.00. The summed E-state index contributed by atoms with van der Waals surface area (Å²) in [5, 5.41) is 43.4. The van der Waals surface area contributed by atoms with E-state index in [1.807, 2.05) is 0 Å². The number of nitrogens with zero attached hydrogens (tertiary/aromatic N) is 2. The number of hydrogen-bond donors (Lipinski definition) is 2. The topological polar surface area (TPSA) is 164 Å². The fourth-order valence-corrected chi connectivity index (χ4v) is 3.59. The maximum atomic E-state index is 11.1. The van der Waals surface area contributed by atoms with Crippen LogP contribution in [0.25, 0.3) is 0 Å². The Kier molecular flexibility index (Phi) is 6.41. The Balaban J connectivity index is 1.58. The molecule has 2 N–H and O–H groups in total. The number of hydrogen-bond acceptors (Lipinski definition) is 10. The van der Waals surface area contributed by atoms with Crippen LogP contribution in [0.1, 0.15) is 23.7 Å². The lowest BCUT2D eigenvalue weighted by atomic mass is 10.0. The number of rotatable bonds is 4. The first-order valence-electron chi connectivity index (χ1n) is 9.72. The molecule has 12 nitrogen and oxygen atoms in total. The Morgan fingerprint density at radius 1 is 0.812 bits per heavy atom. The standard InChI is InChI=1S/C20H20N2O10/c23-15-9-29-19(11-3-1-5-13(7-11)21(25)26)30-10-16-17(24)18(15)32-20(31-16)12-4-2-6-14(8-12)22(27)28/h1-8,15-20,23-24H,9-10H2/t15-,16+,17+,18+,19?,20?/m0/s1. The van der Waals surface area contributed by atoms with Gasteiger partial charge in [-0.15, -0.1) is 0 Å². The van der Waals surface area contributed by atoms with Crippen molar-refractivity contribution in [1.82, 2.24) is 0 Å². The molecule has 2 aromatic rings. The van der Waals surface area contributed by atoms with E-state index >= 15 is 0 Å². The molecule has 0 radical (unpaired) electrons. The largest absolute Gasteiger partial charge is 0.388 e. The number of aliphatic hydroxyl groups excluding tert-OH is 2. The van der Waals surface area contributed by atoms with Gasteiger partial charge in [0.25, 0.3) is 11.4 Å². The lowest BCUT2D eigenvalue weighted by Gasteiger charge is -2.40. The first-order chi connectivity index (χ1) is 15.3. The van der Waals surface area contributed by atoms with Crippen LogP contribution in [0.5, 0.6) is 0 Å². The van der Waals surface area contributed by atoms with E-state index in [-0.39, 0.29) is 24.6 Å². The molecule has 6 atom stereocenters. The van der Waals surface area contributed by atoms with Crippen LogP contribution in [0.3, 0.4) is 0 Å². The van der Waals surface area contributed by atoms with Crippen molar-refractivity contribution in [1.29, 1.82) is 0 Å².